The molecule has 2 aromatic heterocycles. The van der Waals surface area contributed by atoms with E-state index in [2.05, 4.69) is 51.1 Å². The van der Waals surface area contributed by atoms with Crippen molar-refractivity contribution in [1.82, 2.24) is 14.5 Å². The lowest BCUT2D eigenvalue weighted by Gasteiger charge is -2.28. The molecule has 5 rings (SSSR count). The second kappa shape index (κ2) is 6.99. The third kappa shape index (κ3) is 3.22. The molecular weight excluding hydrogens is 354 g/mol. The van der Waals surface area contributed by atoms with Crippen molar-refractivity contribution in [2.75, 3.05) is 13.1 Å². The summed E-state index contributed by atoms with van der Waals surface area (Å²) in [5.74, 6) is 0. The lowest BCUT2D eigenvalue weighted by atomic mass is 9.93. The zero-order valence-corrected chi connectivity index (χ0v) is 15.9. The monoisotopic (exact) mass is 375 g/mol. The predicted octanol–water partition coefficient (Wildman–Crippen LogP) is 5.44. The van der Waals surface area contributed by atoms with Gasteiger partial charge < -0.3 is 4.57 Å². The fraction of sp³-hybridized carbons (Fsp3) is 0.261. The molecule has 3 aromatic rings. The number of rotatable bonds is 3. The second-order valence-electron chi connectivity index (χ2n) is 7.40. The van der Waals surface area contributed by atoms with Crippen LogP contribution in [-0.4, -0.2) is 33.6 Å². The van der Waals surface area contributed by atoms with E-state index in [1.54, 1.807) is 0 Å². The molecule has 0 N–H and O–H groups in total. The van der Waals surface area contributed by atoms with Gasteiger partial charge in [0.2, 0.25) is 0 Å². The molecule has 0 saturated carbocycles. The van der Waals surface area contributed by atoms with Crippen LogP contribution in [0.25, 0.3) is 22.4 Å². The summed E-state index contributed by atoms with van der Waals surface area (Å²) in [7, 11) is 0. The van der Waals surface area contributed by atoms with Crippen molar-refractivity contribution in [3.63, 3.8) is 0 Å². The summed E-state index contributed by atoms with van der Waals surface area (Å²) in [6.07, 6.45) is 14.4. The minimum absolute atomic E-state index is 0.605. The topological polar surface area (TPSA) is 21.1 Å². The molecule has 4 heteroatoms. The zero-order valence-electron chi connectivity index (χ0n) is 15.2. The number of hydrogen-bond donors (Lipinski definition) is 0. The minimum atomic E-state index is 0.605. The summed E-state index contributed by atoms with van der Waals surface area (Å²) in [5.41, 5.74) is 6.34. The van der Waals surface area contributed by atoms with Crippen LogP contribution in [0.2, 0.25) is 5.02 Å². The Morgan fingerprint density at radius 3 is 2.70 bits per heavy atom. The van der Waals surface area contributed by atoms with E-state index in [4.69, 9.17) is 11.6 Å². The highest BCUT2D eigenvalue weighted by Gasteiger charge is 2.28. The molecule has 1 unspecified atom stereocenters. The first-order valence-corrected chi connectivity index (χ1v) is 9.99. The van der Waals surface area contributed by atoms with Gasteiger partial charge in [-0.2, -0.15) is 0 Å². The summed E-state index contributed by atoms with van der Waals surface area (Å²) in [6.45, 7) is 2.41. The molecule has 0 bridgehead atoms. The highest BCUT2D eigenvalue weighted by atomic mass is 35.5. The molecule has 0 radical (unpaired) electrons. The third-order valence-corrected chi connectivity index (χ3v) is 5.98. The minimum Gasteiger partial charge on any atom is -0.323 e. The van der Waals surface area contributed by atoms with Crippen LogP contribution >= 0.6 is 11.6 Å². The highest BCUT2D eigenvalue weighted by molar-refractivity contribution is 6.30. The normalized spacial score (nSPS) is 19.7. The molecule has 2 aliphatic heterocycles. The van der Waals surface area contributed by atoms with E-state index in [1.165, 1.54) is 41.6 Å². The van der Waals surface area contributed by atoms with Crippen LogP contribution in [0.15, 0.2) is 67.3 Å². The Morgan fingerprint density at radius 1 is 1.00 bits per heavy atom. The Bertz CT molecular complexity index is 990. The maximum absolute atomic E-state index is 6.23. The van der Waals surface area contributed by atoms with Crippen LogP contribution in [-0.2, 0) is 0 Å². The maximum Gasteiger partial charge on any atom is 0.0464 e. The fourth-order valence-electron chi connectivity index (χ4n) is 4.38. The molecule has 136 valence electrons. The van der Waals surface area contributed by atoms with Gasteiger partial charge in [-0.25, -0.2) is 0 Å². The van der Waals surface area contributed by atoms with Crippen molar-refractivity contribution in [3.8, 4) is 16.8 Å². The molecule has 1 aromatic carbocycles. The largest absolute Gasteiger partial charge is 0.323 e. The van der Waals surface area contributed by atoms with E-state index < -0.39 is 0 Å². The average Bonchev–Trinajstić information content (AvgIpc) is 3.35. The third-order valence-electron chi connectivity index (χ3n) is 5.75. The van der Waals surface area contributed by atoms with Gasteiger partial charge in [-0.1, -0.05) is 23.7 Å². The number of aromatic nitrogens is 2. The molecule has 0 aliphatic carbocycles. The average molecular weight is 376 g/mol. The van der Waals surface area contributed by atoms with Crippen molar-refractivity contribution in [1.29, 1.82) is 0 Å². The van der Waals surface area contributed by atoms with Gasteiger partial charge in [0.1, 0.15) is 0 Å². The Hall–Kier alpha value is -2.36. The lowest BCUT2D eigenvalue weighted by molar-refractivity contribution is 0.288. The number of halogens is 1. The van der Waals surface area contributed by atoms with E-state index >= 15 is 0 Å². The predicted molar refractivity (Wildman–Crippen MR) is 111 cm³/mol. The quantitative estimate of drug-likeness (QED) is 0.607. The second-order valence-corrected chi connectivity index (χ2v) is 7.83. The van der Waals surface area contributed by atoms with Crippen molar-refractivity contribution >= 4 is 17.2 Å². The molecule has 2 aliphatic rings. The van der Waals surface area contributed by atoms with E-state index in [-0.39, 0.29) is 0 Å². The molecule has 0 amide bonds. The first-order chi connectivity index (χ1) is 13.3. The van der Waals surface area contributed by atoms with E-state index in [0.29, 0.717) is 6.04 Å². The van der Waals surface area contributed by atoms with Crippen LogP contribution in [0.4, 0.5) is 0 Å². The first kappa shape index (κ1) is 16.8. The Morgan fingerprint density at radius 2 is 1.85 bits per heavy atom. The first-order valence-electron chi connectivity index (χ1n) is 9.61. The number of pyridine rings is 1. The Kier molecular flexibility index (Phi) is 4.35. The van der Waals surface area contributed by atoms with Gasteiger partial charge in [0.25, 0.3) is 0 Å². The van der Waals surface area contributed by atoms with E-state index in [9.17, 15) is 0 Å². The molecule has 1 atom stereocenters. The lowest BCUT2D eigenvalue weighted by Crippen LogP contribution is -2.32. The molecule has 4 heterocycles. The van der Waals surface area contributed by atoms with E-state index in [1.807, 2.05) is 30.6 Å². The van der Waals surface area contributed by atoms with Gasteiger partial charge >= 0.3 is 0 Å². The van der Waals surface area contributed by atoms with Gasteiger partial charge in [0, 0.05) is 59.2 Å². The van der Waals surface area contributed by atoms with Crippen LogP contribution in [0, 0.1) is 0 Å². The summed E-state index contributed by atoms with van der Waals surface area (Å²) in [5, 5.41) is 0.756. The molecule has 0 spiro atoms. The zero-order chi connectivity index (χ0) is 18.2. The van der Waals surface area contributed by atoms with Gasteiger partial charge in [0.15, 0.2) is 0 Å². The van der Waals surface area contributed by atoms with Crippen LogP contribution < -0.4 is 0 Å². The fourth-order valence-corrected chi connectivity index (χ4v) is 4.56. The van der Waals surface area contributed by atoms with Crippen LogP contribution in [0.5, 0.6) is 0 Å². The van der Waals surface area contributed by atoms with Crippen LogP contribution in [0.3, 0.4) is 0 Å². The standard InChI is InChI=1S/C23H22ClN3/c24-19-3-1-4-21(14-19)27-15-22(17-6-9-25-10-7-17)23(16-27)18-8-12-26-11-2-5-20(26)13-18/h1,3-4,6-7,9-10,13-16,20H,2,5,8,11-12H2. The van der Waals surface area contributed by atoms with Crippen molar-refractivity contribution in [2.24, 2.45) is 0 Å². The molecule has 27 heavy (non-hydrogen) atoms. The number of hydrogen-bond acceptors (Lipinski definition) is 2. The van der Waals surface area contributed by atoms with Gasteiger partial charge in [-0.15, -0.1) is 0 Å². The Balaban J connectivity index is 1.63. The maximum atomic E-state index is 6.23. The van der Waals surface area contributed by atoms with Gasteiger partial charge in [-0.05, 0) is 67.3 Å². The molecule has 3 nitrogen and oxygen atoms in total. The molecular formula is C23H22ClN3. The number of fused-ring (bicyclic) bond motifs is 1. The van der Waals surface area contributed by atoms with Gasteiger partial charge in [-0.3, -0.25) is 9.88 Å². The molecule has 1 saturated heterocycles. The van der Waals surface area contributed by atoms with Gasteiger partial charge in [0.05, 0.1) is 0 Å². The Labute approximate surface area is 164 Å². The van der Waals surface area contributed by atoms with Crippen molar-refractivity contribution in [2.45, 2.75) is 25.3 Å². The molecule has 1 fully saturated rings. The summed E-state index contributed by atoms with van der Waals surface area (Å²) < 4.78 is 2.19. The number of benzene rings is 1. The SMILES string of the molecule is Clc1cccc(-n2cc(C3=CC4CCCN4CC3)c(-c3ccncc3)c2)c1. The van der Waals surface area contributed by atoms with E-state index in [0.717, 1.165) is 23.7 Å². The van der Waals surface area contributed by atoms with Crippen LogP contribution in [0.1, 0.15) is 24.8 Å². The summed E-state index contributed by atoms with van der Waals surface area (Å²) in [4.78, 5) is 6.80. The number of nitrogens with zero attached hydrogens (tertiary/aromatic N) is 3. The van der Waals surface area contributed by atoms with Crippen molar-refractivity contribution in [3.05, 3.63) is 77.8 Å². The highest BCUT2D eigenvalue weighted by Crippen LogP contribution is 2.37. The smallest absolute Gasteiger partial charge is 0.0464 e. The summed E-state index contributed by atoms with van der Waals surface area (Å²) in [6, 6.07) is 12.8. The summed E-state index contributed by atoms with van der Waals surface area (Å²) >= 11 is 6.23. The van der Waals surface area contributed by atoms with Crippen molar-refractivity contribution < 1.29 is 0 Å².